The summed E-state index contributed by atoms with van der Waals surface area (Å²) in [4.78, 5) is 20.4. The van der Waals surface area contributed by atoms with Crippen LogP contribution in [0.2, 0.25) is 0 Å². The van der Waals surface area contributed by atoms with Crippen molar-refractivity contribution >= 4 is 17.4 Å². The van der Waals surface area contributed by atoms with Crippen molar-refractivity contribution in [3.05, 3.63) is 78.0 Å². The molecule has 1 amide bonds. The van der Waals surface area contributed by atoms with Crippen molar-refractivity contribution < 1.29 is 13.9 Å². The van der Waals surface area contributed by atoms with Gasteiger partial charge in [-0.15, -0.1) is 0 Å². The third-order valence-corrected chi connectivity index (χ3v) is 3.88. The van der Waals surface area contributed by atoms with E-state index >= 15 is 0 Å². The van der Waals surface area contributed by atoms with Gasteiger partial charge < -0.3 is 15.4 Å². The molecule has 0 aliphatic heterocycles. The van der Waals surface area contributed by atoms with Gasteiger partial charge in [0.2, 0.25) is 0 Å². The summed E-state index contributed by atoms with van der Waals surface area (Å²) in [5, 5.41) is 5.78. The van der Waals surface area contributed by atoms with Gasteiger partial charge in [0.25, 0.3) is 5.91 Å². The predicted molar refractivity (Wildman–Crippen MR) is 102 cm³/mol. The minimum absolute atomic E-state index is 0.189. The number of nitrogens with zero attached hydrogens (tertiary/aromatic N) is 2. The van der Waals surface area contributed by atoms with Crippen LogP contribution in [0.25, 0.3) is 0 Å². The van der Waals surface area contributed by atoms with Crippen LogP contribution < -0.4 is 15.4 Å². The Morgan fingerprint density at radius 1 is 1.11 bits per heavy atom. The third-order valence-electron chi connectivity index (χ3n) is 3.88. The van der Waals surface area contributed by atoms with E-state index < -0.39 is 11.7 Å². The molecule has 2 aromatic carbocycles. The van der Waals surface area contributed by atoms with Gasteiger partial charge in [0.15, 0.2) is 0 Å². The summed E-state index contributed by atoms with van der Waals surface area (Å²) in [5.41, 5.74) is 1.63. The van der Waals surface area contributed by atoms with Crippen LogP contribution in [0.4, 0.5) is 15.9 Å². The molecular formula is C20H19FN4O2. The van der Waals surface area contributed by atoms with Crippen LogP contribution in [0, 0.1) is 5.82 Å². The average Bonchev–Trinajstić information content (AvgIpc) is 2.68. The predicted octanol–water partition coefficient (Wildman–Crippen LogP) is 3.53. The molecule has 6 nitrogen and oxygen atoms in total. The number of methoxy groups -OCH3 is 1. The lowest BCUT2D eigenvalue weighted by molar-refractivity contribution is 0.102. The molecule has 0 saturated carbocycles. The Morgan fingerprint density at radius 3 is 2.78 bits per heavy atom. The molecule has 2 N–H and O–H groups in total. The van der Waals surface area contributed by atoms with E-state index in [0.717, 1.165) is 17.7 Å². The normalized spacial score (nSPS) is 10.3. The van der Waals surface area contributed by atoms with E-state index in [0.29, 0.717) is 18.1 Å². The monoisotopic (exact) mass is 366 g/mol. The summed E-state index contributed by atoms with van der Waals surface area (Å²) >= 11 is 0. The second-order valence-corrected chi connectivity index (χ2v) is 5.74. The van der Waals surface area contributed by atoms with E-state index in [1.165, 1.54) is 24.5 Å². The third kappa shape index (κ3) is 5.01. The fourth-order valence-corrected chi connectivity index (χ4v) is 2.57. The van der Waals surface area contributed by atoms with Gasteiger partial charge in [0.1, 0.15) is 29.4 Å². The minimum atomic E-state index is -0.434. The van der Waals surface area contributed by atoms with E-state index in [-0.39, 0.29) is 5.69 Å². The lowest BCUT2D eigenvalue weighted by atomic mass is 10.1. The minimum Gasteiger partial charge on any atom is -0.496 e. The van der Waals surface area contributed by atoms with Crippen molar-refractivity contribution in [3.8, 4) is 5.75 Å². The average molecular weight is 366 g/mol. The highest BCUT2D eigenvalue weighted by molar-refractivity contribution is 6.03. The molecule has 0 spiro atoms. The zero-order chi connectivity index (χ0) is 19.1. The van der Waals surface area contributed by atoms with Crippen LogP contribution in [0.5, 0.6) is 5.75 Å². The maximum atomic E-state index is 13.2. The number of ether oxygens (including phenoxy) is 1. The quantitative estimate of drug-likeness (QED) is 0.669. The first-order valence-electron chi connectivity index (χ1n) is 8.40. The number of para-hydroxylation sites is 1. The van der Waals surface area contributed by atoms with E-state index in [1.807, 2.05) is 24.3 Å². The van der Waals surface area contributed by atoms with Crippen molar-refractivity contribution in [1.29, 1.82) is 0 Å². The highest BCUT2D eigenvalue weighted by Crippen LogP contribution is 2.18. The fraction of sp³-hybridized carbons (Fsp3) is 0.150. The van der Waals surface area contributed by atoms with Gasteiger partial charge in [-0.25, -0.2) is 14.4 Å². The van der Waals surface area contributed by atoms with Crippen LogP contribution in [-0.4, -0.2) is 29.5 Å². The molecule has 27 heavy (non-hydrogen) atoms. The van der Waals surface area contributed by atoms with Gasteiger partial charge in [-0.1, -0.05) is 24.3 Å². The molecule has 1 heterocycles. The van der Waals surface area contributed by atoms with Gasteiger partial charge in [-0.2, -0.15) is 0 Å². The summed E-state index contributed by atoms with van der Waals surface area (Å²) in [6, 6.07) is 15.0. The Balaban J connectivity index is 1.60. The summed E-state index contributed by atoms with van der Waals surface area (Å²) in [5.74, 6) is 0.506. The Kier molecular flexibility index (Phi) is 5.94. The van der Waals surface area contributed by atoms with E-state index in [2.05, 4.69) is 20.6 Å². The Hall–Kier alpha value is -3.48. The molecule has 0 radical (unpaired) electrons. The van der Waals surface area contributed by atoms with Crippen LogP contribution in [-0.2, 0) is 6.42 Å². The highest BCUT2D eigenvalue weighted by Gasteiger charge is 2.10. The number of benzene rings is 2. The lowest BCUT2D eigenvalue weighted by Crippen LogP contribution is -2.15. The van der Waals surface area contributed by atoms with Gasteiger partial charge in [0.05, 0.1) is 7.11 Å². The molecule has 0 unspecified atom stereocenters. The molecule has 3 aromatic rings. The number of carbonyl (C=O) groups excluding carboxylic acids is 1. The Bertz CT molecular complexity index is 933. The molecule has 0 saturated heterocycles. The number of carbonyl (C=O) groups is 1. The van der Waals surface area contributed by atoms with Crippen LogP contribution >= 0.6 is 0 Å². The number of rotatable bonds is 7. The molecule has 0 aliphatic carbocycles. The maximum Gasteiger partial charge on any atom is 0.274 e. The van der Waals surface area contributed by atoms with Gasteiger partial charge in [0, 0.05) is 18.3 Å². The summed E-state index contributed by atoms with van der Waals surface area (Å²) < 4.78 is 18.6. The second kappa shape index (κ2) is 8.75. The maximum absolute atomic E-state index is 13.2. The molecule has 0 bridgehead atoms. The zero-order valence-electron chi connectivity index (χ0n) is 14.8. The first-order valence-corrected chi connectivity index (χ1v) is 8.40. The van der Waals surface area contributed by atoms with Crippen molar-refractivity contribution in [2.24, 2.45) is 0 Å². The largest absolute Gasteiger partial charge is 0.496 e. The lowest BCUT2D eigenvalue weighted by Gasteiger charge is -2.10. The molecular weight excluding hydrogens is 347 g/mol. The molecule has 0 aliphatic rings. The summed E-state index contributed by atoms with van der Waals surface area (Å²) in [6.45, 7) is 0.613. The van der Waals surface area contributed by atoms with Gasteiger partial charge >= 0.3 is 0 Å². The topological polar surface area (TPSA) is 76.1 Å². The number of halogens is 1. The number of nitrogens with one attached hydrogen (secondary N) is 2. The van der Waals surface area contributed by atoms with Crippen LogP contribution in [0.1, 0.15) is 16.1 Å². The molecule has 0 fully saturated rings. The molecule has 1 aromatic heterocycles. The first-order chi connectivity index (χ1) is 13.2. The van der Waals surface area contributed by atoms with Crippen LogP contribution in [0.3, 0.4) is 0 Å². The van der Waals surface area contributed by atoms with Gasteiger partial charge in [-0.3, -0.25) is 4.79 Å². The molecule has 3 rings (SSSR count). The molecule has 0 atom stereocenters. The highest BCUT2D eigenvalue weighted by atomic mass is 19.1. The summed E-state index contributed by atoms with van der Waals surface area (Å²) in [6.07, 6.45) is 2.05. The van der Waals surface area contributed by atoms with Crippen molar-refractivity contribution in [2.45, 2.75) is 6.42 Å². The Labute approximate surface area is 156 Å². The van der Waals surface area contributed by atoms with Crippen LogP contribution in [0.15, 0.2) is 60.9 Å². The number of hydrogen-bond acceptors (Lipinski definition) is 5. The standard InChI is InChI=1S/C20H19FN4O2/c1-27-18-8-3-2-5-14(18)9-10-22-19-12-17(23-13-24-19)20(26)25-16-7-4-6-15(21)11-16/h2-8,11-13H,9-10H2,1H3,(H,25,26)(H,22,23,24). The number of anilines is 2. The fourth-order valence-electron chi connectivity index (χ4n) is 2.57. The number of hydrogen-bond donors (Lipinski definition) is 2. The van der Waals surface area contributed by atoms with Gasteiger partial charge in [-0.05, 0) is 36.2 Å². The van der Waals surface area contributed by atoms with Crippen molar-refractivity contribution in [1.82, 2.24) is 9.97 Å². The van der Waals surface area contributed by atoms with E-state index in [4.69, 9.17) is 4.74 Å². The molecule has 7 heteroatoms. The van der Waals surface area contributed by atoms with Crippen molar-refractivity contribution in [2.75, 3.05) is 24.3 Å². The number of amides is 1. The smallest absolute Gasteiger partial charge is 0.274 e. The Morgan fingerprint density at radius 2 is 1.96 bits per heavy atom. The molecule has 138 valence electrons. The first kappa shape index (κ1) is 18.3. The van der Waals surface area contributed by atoms with Crippen molar-refractivity contribution in [3.63, 3.8) is 0 Å². The van der Waals surface area contributed by atoms with E-state index in [9.17, 15) is 9.18 Å². The summed E-state index contributed by atoms with van der Waals surface area (Å²) in [7, 11) is 1.64. The second-order valence-electron chi connectivity index (χ2n) is 5.74. The SMILES string of the molecule is COc1ccccc1CCNc1cc(C(=O)Nc2cccc(F)c2)ncn1. The van der Waals surface area contributed by atoms with E-state index in [1.54, 1.807) is 19.2 Å². The number of aromatic nitrogens is 2. The zero-order valence-corrected chi connectivity index (χ0v) is 14.8.